The highest BCUT2D eigenvalue weighted by atomic mass is 16.5. The molecule has 0 saturated carbocycles. The van der Waals surface area contributed by atoms with E-state index in [1.165, 1.54) is 6.07 Å². The number of methoxy groups -OCH3 is 1. The summed E-state index contributed by atoms with van der Waals surface area (Å²) in [6.45, 7) is 3.39. The van der Waals surface area contributed by atoms with Gasteiger partial charge in [-0.2, -0.15) is 0 Å². The molecule has 0 radical (unpaired) electrons. The quantitative estimate of drug-likeness (QED) is 0.744. The number of Topliss-reactive ketones (excluding diaryl/α,β-unsaturated/α-hetero) is 1. The van der Waals surface area contributed by atoms with E-state index in [0.29, 0.717) is 23.5 Å². The summed E-state index contributed by atoms with van der Waals surface area (Å²) in [6, 6.07) is 5.94. The molecular formula is C21H22O7. The lowest BCUT2D eigenvalue weighted by Crippen LogP contribution is -2.39. The zero-order chi connectivity index (χ0) is 20.2. The molecule has 0 spiro atoms. The average molecular weight is 386 g/mol. The van der Waals surface area contributed by atoms with E-state index in [9.17, 15) is 20.1 Å². The Labute approximate surface area is 162 Å². The number of hydrogen-bond donors (Lipinski definition) is 3. The van der Waals surface area contributed by atoms with Gasteiger partial charge >= 0.3 is 0 Å². The van der Waals surface area contributed by atoms with Gasteiger partial charge in [-0.25, -0.2) is 0 Å². The Hall–Kier alpha value is -2.93. The molecule has 28 heavy (non-hydrogen) atoms. The Morgan fingerprint density at radius 1 is 1.21 bits per heavy atom. The summed E-state index contributed by atoms with van der Waals surface area (Å²) < 4.78 is 17.1. The SMILES string of the molecule is COc1ccc([C@@H]2COc3cc(O)cc(O)c3C2=O)c2c1C[C@@H](C(C)(C)O)O2. The van der Waals surface area contributed by atoms with E-state index in [1.54, 1.807) is 33.1 Å². The van der Waals surface area contributed by atoms with Gasteiger partial charge in [0.25, 0.3) is 0 Å². The number of phenolic OH excluding ortho intramolecular Hbond substituents is 2. The number of aliphatic hydroxyl groups is 1. The van der Waals surface area contributed by atoms with Crippen LogP contribution in [0.5, 0.6) is 28.7 Å². The predicted molar refractivity (Wildman–Crippen MR) is 99.7 cm³/mol. The Balaban J connectivity index is 1.78. The molecule has 0 fully saturated rings. The van der Waals surface area contributed by atoms with Gasteiger partial charge in [0.05, 0.1) is 18.6 Å². The Kier molecular flexibility index (Phi) is 4.15. The molecule has 2 atom stereocenters. The topological polar surface area (TPSA) is 105 Å². The minimum Gasteiger partial charge on any atom is -0.508 e. The highest BCUT2D eigenvalue weighted by Gasteiger charge is 2.41. The number of hydrogen-bond acceptors (Lipinski definition) is 7. The van der Waals surface area contributed by atoms with Crippen molar-refractivity contribution in [2.24, 2.45) is 0 Å². The van der Waals surface area contributed by atoms with Crippen LogP contribution >= 0.6 is 0 Å². The maximum atomic E-state index is 13.1. The van der Waals surface area contributed by atoms with Crippen molar-refractivity contribution in [3.05, 3.63) is 41.0 Å². The summed E-state index contributed by atoms with van der Waals surface area (Å²) in [5, 5.41) is 30.2. The van der Waals surface area contributed by atoms with Crippen LogP contribution in [-0.4, -0.2) is 46.5 Å². The van der Waals surface area contributed by atoms with Gasteiger partial charge in [0.15, 0.2) is 5.78 Å². The average Bonchev–Trinajstić information content (AvgIpc) is 3.07. The fraction of sp³-hybridized carbons (Fsp3) is 0.381. The molecule has 148 valence electrons. The molecule has 2 aliphatic heterocycles. The van der Waals surface area contributed by atoms with Crippen molar-refractivity contribution in [3.8, 4) is 28.7 Å². The number of ether oxygens (including phenoxy) is 3. The van der Waals surface area contributed by atoms with Gasteiger partial charge in [-0.3, -0.25) is 4.79 Å². The first-order valence-corrected chi connectivity index (χ1v) is 9.02. The fourth-order valence-electron chi connectivity index (χ4n) is 3.79. The molecule has 4 rings (SSSR count). The van der Waals surface area contributed by atoms with E-state index < -0.39 is 17.6 Å². The first kappa shape index (κ1) is 18.4. The maximum Gasteiger partial charge on any atom is 0.181 e. The van der Waals surface area contributed by atoms with Crippen molar-refractivity contribution in [2.75, 3.05) is 13.7 Å². The van der Waals surface area contributed by atoms with Crippen molar-refractivity contribution < 1.29 is 34.3 Å². The van der Waals surface area contributed by atoms with Crippen LogP contribution in [0.3, 0.4) is 0 Å². The standard InChI is InChI=1S/C21H22O7/c1-21(2,25)17-8-12-15(26-3)5-4-11(20(12)28-17)13-9-27-16-7-10(22)6-14(23)18(16)19(13)24/h4-7,13,17,22-23,25H,8-9H2,1-3H3/t13-,17-/m0/s1. The molecule has 0 aliphatic carbocycles. The molecule has 0 aromatic heterocycles. The summed E-state index contributed by atoms with van der Waals surface area (Å²) in [4.78, 5) is 13.1. The largest absolute Gasteiger partial charge is 0.508 e. The normalized spacial score (nSPS) is 20.8. The van der Waals surface area contributed by atoms with E-state index in [0.717, 1.165) is 11.6 Å². The number of phenols is 2. The van der Waals surface area contributed by atoms with E-state index in [4.69, 9.17) is 14.2 Å². The zero-order valence-corrected chi connectivity index (χ0v) is 15.9. The molecule has 0 amide bonds. The van der Waals surface area contributed by atoms with E-state index in [1.807, 2.05) is 0 Å². The van der Waals surface area contributed by atoms with Crippen LogP contribution < -0.4 is 14.2 Å². The van der Waals surface area contributed by atoms with Crippen LogP contribution in [0.15, 0.2) is 24.3 Å². The smallest absolute Gasteiger partial charge is 0.181 e. The maximum absolute atomic E-state index is 13.1. The fourth-order valence-corrected chi connectivity index (χ4v) is 3.79. The van der Waals surface area contributed by atoms with Crippen LogP contribution in [0, 0.1) is 0 Å². The van der Waals surface area contributed by atoms with Crippen molar-refractivity contribution in [1.82, 2.24) is 0 Å². The molecule has 2 aliphatic rings. The van der Waals surface area contributed by atoms with E-state index in [-0.39, 0.29) is 35.2 Å². The van der Waals surface area contributed by atoms with Crippen LogP contribution in [0.2, 0.25) is 0 Å². The predicted octanol–water partition coefficient (Wildman–Crippen LogP) is 2.54. The molecule has 2 aromatic rings. The third-order valence-electron chi connectivity index (χ3n) is 5.32. The van der Waals surface area contributed by atoms with Crippen LogP contribution in [-0.2, 0) is 6.42 Å². The summed E-state index contributed by atoms with van der Waals surface area (Å²) in [6.07, 6.45) is -0.0253. The Morgan fingerprint density at radius 2 is 1.96 bits per heavy atom. The number of benzene rings is 2. The van der Waals surface area contributed by atoms with Crippen molar-refractivity contribution in [1.29, 1.82) is 0 Å². The second-order valence-corrected chi connectivity index (χ2v) is 7.69. The number of aromatic hydroxyl groups is 2. The molecule has 0 unspecified atom stereocenters. The summed E-state index contributed by atoms with van der Waals surface area (Å²) in [5.41, 5.74) is 0.374. The monoisotopic (exact) mass is 386 g/mol. The molecule has 3 N–H and O–H groups in total. The molecular weight excluding hydrogens is 364 g/mol. The van der Waals surface area contributed by atoms with Gasteiger partial charge in [-0.1, -0.05) is 6.07 Å². The second-order valence-electron chi connectivity index (χ2n) is 7.69. The van der Waals surface area contributed by atoms with Gasteiger partial charge < -0.3 is 29.5 Å². The third-order valence-corrected chi connectivity index (χ3v) is 5.32. The molecule has 2 aromatic carbocycles. The van der Waals surface area contributed by atoms with Gasteiger partial charge in [0.2, 0.25) is 0 Å². The number of ketones is 1. The van der Waals surface area contributed by atoms with Crippen molar-refractivity contribution in [2.45, 2.75) is 37.9 Å². The second kappa shape index (κ2) is 6.31. The molecule has 0 bridgehead atoms. The minimum absolute atomic E-state index is 0.0376. The molecule has 2 heterocycles. The van der Waals surface area contributed by atoms with Crippen molar-refractivity contribution >= 4 is 5.78 Å². The summed E-state index contributed by atoms with van der Waals surface area (Å²) >= 11 is 0. The lowest BCUT2D eigenvalue weighted by Gasteiger charge is -2.28. The van der Waals surface area contributed by atoms with E-state index in [2.05, 4.69) is 0 Å². The minimum atomic E-state index is -1.07. The zero-order valence-electron chi connectivity index (χ0n) is 15.9. The molecule has 0 saturated heterocycles. The Morgan fingerprint density at radius 3 is 2.64 bits per heavy atom. The van der Waals surface area contributed by atoms with E-state index >= 15 is 0 Å². The number of rotatable bonds is 3. The number of fused-ring (bicyclic) bond motifs is 2. The van der Waals surface area contributed by atoms with Crippen molar-refractivity contribution in [3.63, 3.8) is 0 Å². The van der Waals surface area contributed by atoms with Crippen LogP contribution in [0.1, 0.15) is 41.3 Å². The number of carbonyl (C=O) groups excluding carboxylic acids is 1. The number of carbonyl (C=O) groups is 1. The third kappa shape index (κ3) is 2.82. The first-order chi connectivity index (χ1) is 13.2. The van der Waals surface area contributed by atoms with Gasteiger partial charge in [-0.15, -0.1) is 0 Å². The van der Waals surface area contributed by atoms with Gasteiger partial charge in [-0.05, 0) is 19.9 Å². The Bertz CT molecular complexity index is 958. The highest BCUT2D eigenvalue weighted by molar-refractivity contribution is 6.07. The lowest BCUT2D eigenvalue weighted by atomic mass is 9.86. The summed E-state index contributed by atoms with van der Waals surface area (Å²) in [5.74, 6) is -0.226. The molecule has 7 heteroatoms. The lowest BCUT2D eigenvalue weighted by molar-refractivity contribution is -0.0233. The van der Waals surface area contributed by atoms with Crippen LogP contribution in [0.4, 0.5) is 0 Å². The summed E-state index contributed by atoms with van der Waals surface area (Å²) in [7, 11) is 1.56. The molecule has 7 nitrogen and oxygen atoms in total. The highest BCUT2D eigenvalue weighted by Crippen LogP contribution is 2.47. The van der Waals surface area contributed by atoms with Gasteiger partial charge in [0.1, 0.15) is 47.0 Å². The first-order valence-electron chi connectivity index (χ1n) is 9.02. The van der Waals surface area contributed by atoms with Gasteiger partial charge in [0, 0.05) is 29.7 Å². The van der Waals surface area contributed by atoms with Crippen LogP contribution in [0.25, 0.3) is 0 Å².